The zero-order chi connectivity index (χ0) is 12.3. The molecule has 1 heterocycles. The van der Waals surface area contributed by atoms with Gasteiger partial charge in [0.15, 0.2) is 5.78 Å². The van der Waals surface area contributed by atoms with Crippen molar-refractivity contribution >= 4 is 5.78 Å². The minimum Gasteiger partial charge on any atom is -0.385 e. The van der Waals surface area contributed by atoms with Crippen molar-refractivity contribution in [2.45, 2.75) is 31.8 Å². The van der Waals surface area contributed by atoms with E-state index < -0.39 is 5.60 Å². The Morgan fingerprint density at radius 1 is 1.29 bits per heavy atom. The van der Waals surface area contributed by atoms with Gasteiger partial charge in [-0.1, -0.05) is 31.2 Å². The molecule has 17 heavy (non-hydrogen) atoms. The molecular formula is C14H19NO2. The van der Waals surface area contributed by atoms with Gasteiger partial charge < -0.3 is 10.4 Å². The molecule has 0 atom stereocenters. The van der Waals surface area contributed by atoms with E-state index in [0.29, 0.717) is 6.42 Å². The first-order valence-electron chi connectivity index (χ1n) is 6.22. The van der Waals surface area contributed by atoms with Crippen molar-refractivity contribution in [1.29, 1.82) is 0 Å². The molecule has 0 spiro atoms. The van der Waals surface area contributed by atoms with E-state index in [1.54, 1.807) is 0 Å². The Hall–Kier alpha value is -1.19. The quantitative estimate of drug-likeness (QED) is 0.783. The molecule has 92 valence electrons. The van der Waals surface area contributed by atoms with Gasteiger partial charge in [-0.15, -0.1) is 0 Å². The standard InChI is InChI=1S/C14H19NO2/c1-2-13(16)11-3-5-12(6-4-11)14(17)7-9-15-10-8-14/h3-6,15,17H,2,7-10H2,1H3. The van der Waals surface area contributed by atoms with Gasteiger partial charge in [-0.05, 0) is 31.5 Å². The molecule has 0 aromatic heterocycles. The van der Waals surface area contributed by atoms with Gasteiger partial charge in [-0.2, -0.15) is 0 Å². The van der Waals surface area contributed by atoms with E-state index in [-0.39, 0.29) is 5.78 Å². The molecule has 0 radical (unpaired) electrons. The Bertz CT molecular complexity index is 391. The van der Waals surface area contributed by atoms with Gasteiger partial charge in [0.25, 0.3) is 0 Å². The summed E-state index contributed by atoms with van der Waals surface area (Å²) in [5, 5.41) is 13.7. The first-order chi connectivity index (χ1) is 8.15. The van der Waals surface area contributed by atoms with Crippen LogP contribution in [0, 0.1) is 0 Å². The van der Waals surface area contributed by atoms with Gasteiger partial charge >= 0.3 is 0 Å². The van der Waals surface area contributed by atoms with Crippen LogP contribution in [0.25, 0.3) is 0 Å². The maximum Gasteiger partial charge on any atom is 0.162 e. The Morgan fingerprint density at radius 3 is 2.41 bits per heavy atom. The van der Waals surface area contributed by atoms with E-state index in [1.165, 1.54) is 0 Å². The van der Waals surface area contributed by atoms with Crippen LogP contribution in [0.2, 0.25) is 0 Å². The normalized spacial score (nSPS) is 18.9. The molecule has 1 saturated heterocycles. The predicted octanol–water partition coefficient (Wildman–Crippen LogP) is 1.85. The van der Waals surface area contributed by atoms with E-state index in [2.05, 4.69) is 5.32 Å². The first kappa shape index (κ1) is 12.3. The largest absolute Gasteiger partial charge is 0.385 e. The third-order valence-corrected chi connectivity index (χ3v) is 3.50. The summed E-state index contributed by atoms with van der Waals surface area (Å²) in [5.41, 5.74) is 0.930. The van der Waals surface area contributed by atoms with Gasteiger partial charge in [-0.3, -0.25) is 4.79 Å². The number of benzene rings is 1. The summed E-state index contributed by atoms with van der Waals surface area (Å²) in [4.78, 5) is 11.5. The number of nitrogens with one attached hydrogen (secondary N) is 1. The van der Waals surface area contributed by atoms with E-state index in [4.69, 9.17) is 0 Å². The van der Waals surface area contributed by atoms with Crippen molar-refractivity contribution in [1.82, 2.24) is 5.32 Å². The van der Waals surface area contributed by atoms with Crippen LogP contribution in [0.1, 0.15) is 42.1 Å². The van der Waals surface area contributed by atoms with Crippen LogP contribution in [-0.4, -0.2) is 24.0 Å². The van der Waals surface area contributed by atoms with Gasteiger partial charge in [0, 0.05) is 12.0 Å². The lowest BCUT2D eigenvalue weighted by atomic mass is 9.84. The van der Waals surface area contributed by atoms with Crippen molar-refractivity contribution < 1.29 is 9.90 Å². The molecule has 1 aliphatic heterocycles. The second kappa shape index (κ2) is 4.98. The third kappa shape index (κ3) is 2.56. The fraction of sp³-hybridized carbons (Fsp3) is 0.500. The van der Waals surface area contributed by atoms with Crippen molar-refractivity contribution in [3.8, 4) is 0 Å². The van der Waals surface area contributed by atoms with Crippen molar-refractivity contribution in [2.75, 3.05) is 13.1 Å². The number of ketones is 1. The zero-order valence-corrected chi connectivity index (χ0v) is 10.2. The highest BCUT2D eigenvalue weighted by atomic mass is 16.3. The van der Waals surface area contributed by atoms with Gasteiger partial charge in [0.2, 0.25) is 0 Å². The van der Waals surface area contributed by atoms with Crippen molar-refractivity contribution in [2.24, 2.45) is 0 Å². The number of hydrogen-bond donors (Lipinski definition) is 2. The number of Topliss-reactive ketones (excluding diaryl/α,β-unsaturated/α-hetero) is 1. The van der Waals surface area contributed by atoms with Crippen LogP contribution < -0.4 is 5.32 Å². The van der Waals surface area contributed by atoms with E-state index in [0.717, 1.165) is 37.1 Å². The molecule has 1 aliphatic rings. The average molecular weight is 233 g/mol. The summed E-state index contributed by atoms with van der Waals surface area (Å²) in [7, 11) is 0. The molecule has 0 bridgehead atoms. The molecule has 1 fully saturated rings. The summed E-state index contributed by atoms with van der Waals surface area (Å²) < 4.78 is 0. The highest BCUT2D eigenvalue weighted by Crippen LogP contribution is 2.30. The molecular weight excluding hydrogens is 214 g/mol. The molecule has 2 rings (SSSR count). The van der Waals surface area contributed by atoms with Crippen LogP contribution in [0.4, 0.5) is 0 Å². The molecule has 2 N–H and O–H groups in total. The highest BCUT2D eigenvalue weighted by Gasteiger charge is 2.30. The summed E-state index contributed by atoms with van der Waals surface area (Å²) in [6, 6.07) is 7.41. The van der Waals surface area contributed by atoms with Gasteiger partial charge in [-0.25, -0.2) is 0 Å². The summed E-state index contributed by atoms with van der Waals surface area (Å²) in [6.07, 6.45) is 1.98. The number of hydrogen-bond acceptors (Lipinski definition) is 3. The first-order valence-corrected chi connectivity index (χ1v) is 6.22. The lowest BCUT2D eigenvalue weighted by molar-refractivity contribution is 0.00592. The molecule has 1 aromatic rings. The minimum atomic E-state index is -0.723. The molecule has 0 unspecified atom stereocenters. The molecule has 3 nitrogen and oxygen atoms in total. The van der Waals surface area contributed by atoms with Crippen molar-refractivity contribution in [3.05, 3.63) is 35.4 Å². The summed E-state index contributed by atoms with van der Waals surface area (Å²) in [5.74, 6) is 0.147. The van der Waals surface area contributed by atoms with Gasteiger partial charge in [0.05, 0.1) is 5.60 Å². The minimum absolute atomic E-state index is 0.147. The summed E-state index contributed by atoms with van der Waals surface area (Å²) in [6.45, 7) is 3.54. The third-order valence-electron chi connectivity index (χ3n) is 3.50. The molecule has 0 saturated carbocycles. The summed E-state index contributed by atoms with van der Waals surface area (Å²) >= 11 is 0. The molecule has 0 aliphatic carbocycles. The smallest absolute Gasteiger partial charge is 0.162 e. The molecule has 3 heteroatoms. The fourth-order valence-electron chi connectivity index (χ4n) is 2.30. The maximum absolute atomic E-state index is 11.5. The van der Waals surface area contributed by atoms with Crippen LogP contribution in [0.5, 0.6) is 0 Å². The Morgan fingerprint density at radius 2 is 1.88 bits per heavy atom. The second-order valence-corrected chi connectivity index (χ2v) is 4.64. The number of carbonyl (C=O) groups excluding carboxylic acids is 1. The lowest BCUT2D eigenvalue weighted by Gasteiger charge is -2.33. The van der Waals surface area contributed by atoms with Crippen LogP contribution >= 0.6 is 0 Å². The number of rotatable bonds is 3. The van der Waals surface area contributed by atoms with E-state index in [9.17, 15) is 9.90 Å². The topological polar surface area (TPSA) is 49.3 Å². The monoisotopic (exact) mass is 233 g/mol. The maximum atomic E-state index is 11.5. The Labute approximate surface area is 102 Å². The lowest BCUT2D eigenvalue weighted by Crippen LogP contribution is -2.39. The van der Waals surface area contributed by atoms with Crippen molar-refractivity contribution in [3.63, 3.8) is 0 Å². The predicted molar refractivity (Wildman–Crippen MR) is 67.1 cm³/mol. The molecule has 0 amide bonds. The van der Waals surface area contributed by atoms with Crippen LogP contribution in [-0.2, 0) is 5.60 Å². The number of piperidine rings is 1. The van der Waals surface area contributed by atoms with Gasteiger partial charge in [0.1, 0.15) is 0 Å². The number of aliphatic hydroxyl groups is 1. The molecule has 1 aromatic carbocycles. The average Bonchev–Trinajstić information content (AvgIpc) is 2.39. The SMILES string of the molecule is CCC(=O)c1ccc(C2(O)CCNCC2)cc1. The van der Waals surface area contributed by atoms with E-state index >= 15 is 0 Å². The Kier molecular flexibility index (Phi) is 3.60. The van der Waals surface area contributed by atoms with Crippen LogP contribution in [0.3, 0.4) is 0 Å². The zero-order valence-electron chi connectivity index (χ0n) is 10.2. The fourth-order valence-corrected chi connectivity index (χ4v) is 2.30. The number of carbonyl (C=O) groups is 1. The second-order valence-electron chi connectivity index (χ2n) is 4.64. The highest BCUT2D eigenvalue weighted by molar-refractivity contribution is 5.95. The van der Waals surface area contributed by atoms with E-state index in [1.807, 2.05) is 31.2 Å². The Balaban J connectivity index is 2.19. The van der Waals surface area contributed by atoms with Crippen LogP contribution in [0.15, 0.2) is 24.3 Å².